The van der Waals surface area contributed by atoms with Gasteiger partial charge in [-0.15, -0.1) is 0 Å². The number of ether oxygens (including phenoxy) is 1. The maximum absolute atomic E-state index is 9.21. The summed E-state index contributed by atoms with van der Waals surface area (Å²) in [6.07, 6.45) is 0. The Labute approximate surface area is 111 Å². The third-order valence-corrected chi connectivity index (χ3v) is 3.26. The molecule has 1 heterocycles. The van der Waals surface area contributed by atoms with Crippen molar-refractivity contribution in [2.45, 2.75) is 20.1 Å². The van der Waals surface area contributed by atoms with Gasteiger partial charge in [0, 0.05) is 12.6 Å². The summed E-state index contributed by atoms with van der Waals surface area (Å²) in [6, 6.07) is 7.37. The molecule has 0 fully saturated rings. The smallest absolute Gasteiger partial charge is 0.131 e. The topological polar surface area (TPSA) is 47.3 Å². The van der Waals surface area contributed by atoms with E-state index in [0.29, 0.717) is 17.4 Å². The standard InChI is InChI=1S/C13H15ClN2O2/c1-9-13(14)11(16(2)15-9)8-18-12-6-4-3-5-10(12)7-17/h3-6,17H,7-8H2,1-2H3. The van der Waals surface area contributed by atoms with E-state index >= 15 is 0 Å². The van der Waals surface area contributed by atoms with E-state index in [1.807, 2.05) is 38.2 Å². The highest BCUT2D eigenvalue weighted by atomic mass is 35.5. The highest BCUT2D eigenvalue weighted by Crippen LogP contribution is 2.23. The zero-order valence-corrected chi connectivity index (χ0v) is 11.1. The van der Waals surface area contributed by atoms with E-state index in [4.69, 9.17) is 16.3 Å². The average Bonchev–Trinajstić information content (AvgIpc) is 2.62. The average molecular weight is 267 g/mol. The Bertz CT molecular complexity index is 552. The molecule has 4 nitrogen and oxygen atoms in total. The molecular weight excluding hydrogens is 252 g/mol. The van der Waals surface area contributed by atoms with Gasteiger partial charge >= 0.3 is 0 Å². The van der Waals surface area contributed by atoms with E-state index in [-0.39, 0.29) is 6.61 Å². The Hall–Kier alpha value is -1.52. The number of halogens is 1. The molecule has 0 saturated heterocycles. The van der Waals surface area contributed by atoms with Crippen molar-refractivity contribution in [1.29, 1.82) is 0 Å². The van der Waals surface area contributed by atoms with Crippen molar-refractivity contribution in [2.75, 3.05) is 0 Å². The molecular formula is C13H15ClN2O2. The van der Waals surface area contributed by atoms with Gasteiger partial charge in [-0.3, -0.25) is 4.68 Å². The van der Waals surface area contributed by atoms with E-state index in [1.165, 1.54) is 0 Å². The van der Waals surface area contributed by atoms with E-state index < -0.39 is 0 Å². The van der Waals surface area contributed by atoms with Gasteiger partial charge in [0.1, 0.15) is 12.4 Å². The monoisotopic (exact) mass is 266 g/mol. The normalized spacial score (nSPS) is 10.7. The first-order valence-electron chi connectivity index (χ1n) is 5.63. The lowest BCUT2D eigenvalue weighted by Crippen LogP contribution is -2.04. The fraction of sp³-hybridized carbons (Fsp3) is 0.308. The molecule has 0 bridgehead atoms. The van der Waals surface area contributed by atoms with Crippen LogP contribution in [0.2, 0.25) is 5.02 Å². The summed E-state index contributed by atoms with van der Waals surface area (Å²) in [7, 11) is 1.83. The van der Waals surface area contributed by atoms with Gasteiger partial charge in [0.25, 0.3) is 0 Å². The van der Waals surface area contributed by atoms with Gasteiger partial charge in [-0.2, -0.15) is 5.10 Å². The fourth-order valence-corrected chi connectivity index (χ4v) is 1.97. The van der Waals surface area contributed by atoms with E-state index in [1.54, 1.807) is 4.68 Å². The van der Waals surface area contributed by atoms with Crippen molar-refractivity contribution in [3.05, 3.63) is 46.2 Å². The number of hydrogen-bond donors (Lipinski definition) is 1. The predicted octanol–water partition coefficient (Wildman–Crippen LogP) is 2.45. The van der Waals surface area contributed by atoms with Gasteiger partial charge in [0.15, 0.2) is 0 Å². The number of benzene rings is 1. The van der Waals surface area contributed by atoms with Crippen LogP contribution in [-0.4, -0.2) is 14.9 Å². The third kappa shape index (κ3) is 2.49. The van der Waals surface area contributed by atoms with Crippen LogP contribution < -0.4 is 4.74 Å². The van der Waals surface area contributed by atoms with Crippen LogP contribution in [-0.2, 0) is 20.3 Å². The molecule has 0 atom stereocenters. The predicted molar refractivity (Wildman–Crippen MR) is 69.7 cm³/mol. The highest BCUT2D eigenvalue weighted by Gasteiger charge is 2.12. The minimum absolute atomic E-state index is 0.0473. The van der Waals surface area contributed by atoms with Gasteiger partial charge < -0.3 is 9.84 Å². The molecule has 0 amide bonds. The molecule has 2 rings (SSSR count). The molecule has 18 heavy (non-hydrogen) atoms. The lowest BCUT2D eigenvalue weighted by atomic mass is 10.2. The van der Waals surface area contributed by atoms with E-state index in [2.05, 4.69) is 5.10 Å². The van der Waals surface area contributed by atoms with Crippen LogP contribution >= 0.6 is 11.6 Å². The largest absolute Gasteiger partial charge is 0.487 e. The summed E-state index contributed by atoms with van der Waals surface area (Å²) in [5, 5.41) is 14.1. The molecule has 5 heteroatoms. The van der Waals surface area contributed by atoms with Crippen LogP contribution in [0, 0.1) is 6.92 Å². The minimum Gasteiger partial charge on any atom is -0.487 e. The quantitative estimate of drug-likeness (QED) is 0.925. The van der Waals surface area contributed by atoms with Crippen molar-refractivity contribution in [3.63, 3.8) is 0 Å². The molecule has 2 aromatic rings. The second kappa shape index (κ2) is 5.42. The lowest BCUT2D eigenvalue weighted by molar-refractivity contribution is 0.255. The highest BCUT2D eigenvalue weighted by molar-refractivity contribution is 6.31. The molecule has 96 valence electrons. The summed E-state index contributed by atoms with van der Waals surface area (Å²) >= 11 is 6.14. The van der Waals surface area contributed by atoms with Crippen molar-refractivity contribution in [1.82, 2.24) is 9.78 Å². The Morgan fingerprint density at radius 3 is 2.72 bits per heavy atom. The lowest BCUT2D eigenvalue weighted by Gasteiger charge is -2.10. The number of aromatic nitrogens is 2. The van der Waals surface area contributed by atoms with Crippen LogP contribution in [0.1, 0.15) is 17.0 Å². The molecule has 1 aromatic carbocycles. The number of nitrogens with zero attached hydrogens (tertiary/aromatic N) is 2. The number of aliphatic hydroxyl groups is 1. The zero-order valence-electron chi connectivity index (χ0n) is 10.4. The minimum atomic E-state index is -0.0473. The maximum atomic E-state index is 9.21. The fourth-order valence-electron chi connectivity index (χ4n) is 1.76. The number of rotatable bonds is 4. The van der Waals surface area contributed by atoms with Crippen LogP contribution in [0.3, 0.4) is 0 Å². The van der Waals surface area contributed by atoms with Crippen molar-refractivity contribution in [3.8, 4) is 5.75 Å². The first-order valence-corrected chi connectivity index (χ1v) is 6.00. The van der Waals surface area contributed by atoms with Gasteiger partial charge in [-0.1, -0.05) is 29.8 Å². The van der Waals surface area contributed by atoms with Crippen LogP contribution in [0.5, 0.6) is 5.75 Å². The second-order valence-corrected chi connectivity index (χ2v) is 4.40. The summed E-state index contributed by atoms with van der Waals surface area (Å²) < 4.78 is 7.39. The summed E-state index contributed by atoms with van der Waals surface area (Å²) in [5.74, 6) is 0.662. The molecule has 1 aromatic heterocycles. The van der Waals surface area contributed by atoms with Crippen LogP contribution in [0.4, 0.5) is 0 Å². The molecule has 0 aliphatic carbocycles. The molecule has 0 spiro atoms. The van der Waals surface area contributed by atoms with E-state index in [0.717, 1.165) is 17.0 Å². The van der Waals surface area contributed by atoms with Crippen molar-refractivity contribution in [2.24, 2.45) is 7.05 Å². The SMILES string of the molecule is Cc1nn(C)c(COc2ccccc2CO)c1Cl. The molecule has 0 aliphatic rings. The van der Waals surface area contributed by atoms with Crippen LogP contribution in [0.15, 0.2) is 24.3 Å². The molecule has 0 radical (unpaired) electrons. The number of aliphatic hydroxyl groups excluding tert-OH is 1. The third-order valence-electron chi connectivity index (χ3n) is 2.77. The second-order valence-electron chi connectivity index (χ2n) is 4.02. The zero-order chi connectivity index (χ0) is 13.1. The Morgan fingerprint density at radius 2 is 2.11 bits per heavy atom. The van der Waals surface area contributed by atoms with Gasteiger partial charge in [0.2, 0.25) is 0 Å². The maximum Gasteiger partial charge on any atom is 0.131 e. The Morgan fingerprint density at radius 1 is 1.39 bits per heavy atom. The Kier molecular flexibility index (Phi) is 3.89. The molecule has 1 N–H and O–H groups in total. The molecule has 0 aliphatic heterocycles. The Balaban J connectivity index is 2.16. The summed E-state index contributed by atoms with van der Waals surface area (Å²) in [4.78, 5) is 0. The van der Waals surface area contributed by atoms with Crippen molar-refractivity contribution < 1.29 is 9.84 Å². The molecule has 0 saturated carbocycles. The van der Waals surface area contributed by atoms with Gasteiger partial charge in [-0.05, 0) is 13.0 Å². The number of hydrogen-bond acceptors (Lipinski definition) is 3. The molecule has 0 unspecified atom stereocenters. The van der Waals surface area contributed by atoms with Gasteiger partial charge in [0.05, 0.1) is 23.0 Å². The first kappa shape index (κ1) is 12.9. The summed E-state index contributed by atoms with van der Waals surface area (Å²) in [6.45, 7) is 2.13. The first-order chi connectivity index (χ1) is 8.63. The van der Waals surface area contributed by atoms with Crippen LogP contribution in [0.25, 0.3) is 0 Å². The van der Waals surface area contributed by atoms with Gasteiger partial charge in [-0.25, -0.2) is 0 Å². The van der Waals surface area contributed by atoms with E-state index in [9.17, 15) is 5.11 Å². The van der Waals surface area contributed by atoms with Crippen molar-refractivity contribution >= 4 is 11.6 Å². The summed E-state index contributed by atoms with van der Waals surface area (Å²) in [5.41, 5.74) is 2.36. The number of para-hydroxylation sites is 1. The number of aryl methyl sites for hydroxylation is 2.